The van der Waals surface area contributed by atoms with Gasteiger partial charge in [-0.15, -0.1) is 0 Å². The Labute approximate surface area is 109 Å². The summed E-state index contributed by atoms with van der Waals surface area (Å²) in [5.41, 5.74) is 1.09. The smallest absolute Gasteiger partial charge is 0.119 e. The normalized spacial score (nSPS) is 16.1. The summed E-state index contributed by atoms with van der Waals surface area (Å²) in [5.74, 6) is 2.03. The van der Waals surface area contributed by atoms with Crippen LogP contribution in [0.15, 0.2) is 29.3 Å². The van der Waals surface area contributed by atoms with Crippen molar-refractivity contribution in [3.05, 3.63) is 24.3 Å². The SMILES string of the molecule is CC(C)Oc1ccc(NC2=NCCCCC2)cc1. The highest BCUT2D eigenvalue weighted by atomic mass is 16.5. The number of nitrogens with one attached hydrogen (secondary N) is 1. The van der Waals surface area contributed by atoms with E-state index in [9.17, 15) is 0 Å². The van der Waals surface area contributed by atoms with Crippen molar-refractivity contribution >= 4 is 11.5 Å². The van der Waals surface area contributed by atoms with Gasteiger partial charge in [0.05, 0.1) is 6.10 Å². The molecular formula is C15H22N2O. The average molecular weight is 246 g/mol. The van der Waals surface area contributed by atoms with Crippen molar-refractivity contribution in [2.24, 2.45) is 4.99 Å². The molecule has 0 fully saturated rings. The molecule has 1 aromatic carbocycles. The van der Waals surface area contributed by atoms with E-state index >= 15 is 0 Å². The molecule has 0 saturated carbocycles. The second-order valence-corrected chi connectivity index (χ2v) is 4.96. The second kappa shape index (κ2) is 6.43. The van der Waals surface area contributed by atoms with E-state index in [0.29, 0.717) is 0 Å². The minimum absolute atomic E-state index is 0.218. The van der Waals surface area contributed by atoms with Crippen LogP contribution in [0, 0.1) is 0 Å². The number of anilines is 1. The van der Waals surface area contributed by atoms with Crippen LogP contribution in [0.1, 0.15) is 39.5 Å². The zero-order chi connectivity index (χ0) is 12.8. The van der Waals surface area contributed by atoms with E-state index in [2.05, 4.69) is 10.3 Å². The largest absolute Gasteiger partial charge is 0.491 e. The molecule has 1 N–H and O–H groups in total. The number of rotatable bonds is 3. The van der Waals surface area contributed by atoms with Crippen molar-refractivity contribution in [2.75, 3.05) is 11.9 Å². The van der Waals surface area contributed by atoms with Gasteiger partial charge in [-0.25, -0.2) is 0 Å². The third kappa shape index (κ3) is 4.06. The molecule has 0 amide bonds. The Bertz CT molecular complexity index is 395. The number of benzene rings is 1. The average Bonchev–Trinajstić information content (AvgIpc) is 2.60. The van der Waals surface area contributed by atoms with E-state index in [1.54, 1.807) is 0 Å². The molecule has 2 rings (SSSR count). The number of hydrogen-bond donors (Lipinski definition) is 1. The van der Waals surface area contributed by atoms with Gasteiger partial charge in [0.15, 0.2) is 0 Å². The maximum atomic E-state index is 5.62. The Morgan fingerprint density at radius 1 is 1.11 bits per heavy atom. The number of aliphatic imine (C=N–C) groups is 1. The molecule has 0 atom stereocenters. The maximum Gasteiger partial charge on any atom is 0.119 e. The standard InChI is InChI=1S/C15H22N2O/c1-12(2)18-14-9-7-13(8-10-14)17-15-6-4-3-5-11-16-15/h7-10,12H,3-6,11H2,1-2H3,(H,16,17). The molecule has 1 aliphatic rings. The van der Waals surface area contributed by atoms with Crippen LogP contribution in [0.4, 0.5) is 5.69 Å². The zero-order valence-electron chi connectivity index (χ0n) is 11.3. The van der Waals surface area contributed by atoms with Crippen molar-refractivity contribution in [1.29, 1.82) is 0 Å². The minimum Gasteiger partial charge on any atom is -0.491 e. The molecule has 3 nitrogen and oxygen atoms in total. The Balaban J connectivity index is 1.95. The van der Waals surface area contributed by atoms with Gasteiger partial charge in [0, 0.05) is 18.7 Å². The molecule has 0 unspecified atom stereocenters. The summed E-state index contributed by atoms with van der Waals surface area (Å²) in [6.07, 6.45) is 5.02. The topological polar surface area (TPSA) is 33.6 Å². The lowest BCUT2D eigenvalue weighted by molar-refractivity contribution is 0.242. The third-order valence-electron chi connectivity index (χ3n) is 2.89. The Kier molecular flexibility index (Phi) is 4.62. The van der Waals surface area contributed by atoms with E-state index in [1.165, 1.54) is 19.3 Å². The lowest BCUT2D eigenvalue weighted by Gasteiger charge is -2.11. The Morgan fingerprint density at radius 3 is 2.61 bits per heavy atom. The molecule has 1 heterocycles. The molecule has 0 aromatic heterocycles. The molecule has 0 bridgehead atoms. The first kappa shape index (κ1) is 12.9. The van der Waals surface area contributed by atoms with E-state index in [-0.39, 0.29) is 6.10 Å². The summed E-state index contributed by atoms with van der Waals surface area (Å²) in [7, 11) is 0. The summed E-state index contributed by atoms with van der Waals surface area (Å²) in [5, 5.41) is 3.40. The molecule has 0 saturated heterocycles. The zero-order valence-corrected chi connectivity index (χ0v) is 11.3. The summed E-state index contributed by atoms with van der Waals surface area (Å²) in [6, 6.07) is 8.09. The van der Waals surface area contributed by atoms with Gasteiger partial charge >= 0.3 is 0 Å². The van der Waals surface area contributed by atoms with Crippen LogP contribution >= 0.6 is 0 Å². The van der Waals surface area contributed by atoms with Gasteiger partial charge in [0.25, 0.3) is 0 Å². The monoisotopic (exact) mass is 246 g/mol. The number of nitrogens with zero attached hydrogens (tertiary/aromatic N) is 1. The minimum atomic E-state index is 0.218. The highest BCUT2D eigenvalue weighted by Crippen LogP contribution is 2.18. The molecule has 3 heteroatoms. The lowest BCUT2D eigenvalue weighted by Crippen LogP contribution is -2.11. The van der Waals surface area contributed by atoms with E-state index in [1.807, 2.05) is 38.1 Å². The van der Waals surface area contributed by atoms with Crippen molar-refractivity contribution < 1.29 is 4.74 Å². The van der Waals surface area contributed by atoms with Gasteiger partial charge < -0.3 is 10.1 Å². The van der Waals surface area contributed by atoms with Gasteiger partial charge in [0.2, 0.25) is 0 Å². The molecule has 98 valence electrons. The fourth-order valence-corrected chi connectivity index (χ4v) is 2.03. The lowest BCUT2D eigenvalue weighted by atomic mass is 10.2. The van der Waals surface area contributed by atoms with E-state index < -0.39 is 0 Å². The molecule has 0 radical (unpaired) electrons. The number of amidine groups is 1. The predicted octanol–water partition coefficient (Wildman–Crippen LogP) is 3.86. The fraction of sp³-hybridized carbons (Fsp3) is 0.533. The molecule has 1 aromatic rings. The third-order valence-corrected chi connectivity index (χ3v) is 2.89. The Morgan fingerprint density at radius 2 is 1.89 bits per heavy atom. The van der Waals surface area contributed by atoms with Crippen molar-refractivity contribution in [3.63, 3.8) is 0 Å². The summed E-state index contributed by atoms with van der Waals surface area (Å²) in [4.78, 5) is 4.56. The fourth-order valence-electron chi connectivity index (χ4n) is 2.03. The van der Waals surface area contributed by atoms with Gasteiger partial charge in [-0.3, -0.25) is 4.99 Å². The van der Waals surface area contributed by atoms with Crippen LogP contribution < -0.4 is 10.1 Å². The van der Waals surface area contributed by atoms with Crippen LogP contribution in [-0.2, 0) is 0 Å². The second-order valence-electron chi connectivity index (χ2n) is 4.96. The van der Waals surface area contributed by atoms with Gasteiger partial charge in [-0.1, -0.05) is 6.42 Å². The maximum absolute atomic E-state index is 5.62. The van der Waals surface area contributed by atoms with Crippen LogP contribution in [0.25, 0.3) is 0 Å². The summed E-state index contributed by atoms with van der Waals surface area (Å²) in [6.45, 7) is 5.02. The van der Waals surface area contributed by atoms with Gasteiger partial charge in [-0.05, 0) is 51.0 Å². The van der Waals surface area contributed by atoms with E-state index in [0.717, 1.165) is 30.2 Å². The van der Waals surface area contributed by atoms with Crippen LogP contribution in [-0.4, -0.2) is 18.5 Å². The molecular weight excluding hydrogens is 224 g/mol. The molecule has 0 aliphatic carbocycles. The van der Waals surface area contributed by atoms with Crippen LogP contribution in [0.5, 0.6) is 5.75 Å². The van der Waals surface area contributed by atoms with Crippen molar-refractivity contribution in [3.8, 4) is 5.75 Å². The van der Waals surface area contributed by atoms with Gasteiger partial charge in [-0.2, -0.15) is 0 Å². The molecule has 18 heavy (non-hydrogen) atoms. The number of hydrogen-bond acceptors (Lipinski definition) is 3. The quantitative estimate of drug-likeness (QED) is 0.878. The highest BCUT2D eigenvalue weighted by Gasteiger charge is 2.04. The molecule has 0 spiro atoms. The summed E-state index contributed by atoms with van der Waals surface area (Å²) >= 11 is 0. The number of ether oxygens (including phenoxy) is 1. The molecule has 1 aliphatic heterocycles. The Hall–Kier alpha value is -1.51. The summed E-state index contributed by atoms with van der Waals surface area (Å²) < 4.78 is 5.62. The van der Waals surface area contributed by atoms with Crippen LogP contribution in [0.3, 0.4) is 0 Å². The van der Waals surface area contributed by atoms with Gasteiger partial charge in [0.1, 0.15) is 11.6 Å². The van der Waals surface area contributed by atoms with Crippen molar-refractivity contribution in [2.45, 2.75) is 45.6 Å². The highest BCUT2D eigenvalue weighted by molar-refractivity contribution is 5.95. The first-order valence-electron chi connectivity index (χ1n) is 6.81. The first-order chi connectivity index (χ1) is 8.74. The first-order valence-corrected chi connectivity index (χ1v) is 6.81. The van der Waals surface area contributed by atoms with Crippen molar-refractivity contribution in [1.82, 2.24) is 0 Å². The predicted molar refractivity (Wildman–Crippen MR) is 76.6 cm³/mol. The van der Waals surface area contributed by atoms with E-state index in [4.69, 9.17) is 4.74 Å². The van der Waals surface area contributed by atoms with Crippen LogP contribution in [0.2, 0.25) is 0 Å².